The molecule has 0 spiro atoms. The summed E-state index contributed by atoms with van der Waals surface area (Å²) in [4.78, 5) is 12.0. The van der Waals surface area contributed by atoms with Crippen molar-refractivity contribution in [2.24, 2.45) is 0 Å². The van der Waals surface area contributed by atoms with Crippen molar-refractivity contribution in [3.8, 4) is 0 Å². The summed E-state index contributed by atoms with van der Waals surface area (Å²) in [6.45, 7) is -0.120. The minimum Gasteiger partial charge on any atom is -0.348 e. The SMILES string of the molecule is O=C(NCc1cc(F)ccc1F)c1cccc(Br)c1Cl. The first kappa shape index (κ1) is 14.9. The Kier molecular flexibility index (Phi) is 4.73. The number of halogens is 4. The summed E-state index contributed by atoms with van der Waals surface area (Å²) in [7, 11) is 0. The van der Waals surface area contributed by atoms with Gasteiger partial charge in [0, 0.05) is 16.6 Å². The molecular weight excluding hydrogens is 352 g/mol. The molecule has 2 aromatic rings. The van der Waals surface area contributed by atoms with E-state index in [9.17, 15) is 13.6 Å². The summed E-state index contributed by atoms with van der Waals surface area (Å²) in [5.41, 5.74) is 0.335. The highest BCUT2D eigenvalue weighted by molar-refractivity contribution is 9.10. The van der Waals surface area contributed by atoms with Gasteiger partial charge in [0.25, 0.3) is 5.91 Å². The second kappa shape index (κ2) is 6.33. The molecule has 2 aromatic carbocycles. The number of carbonyl (C=O) groups is 1. The molecular formula is C14H9BrClF2NO. The zero-order chi connectivity index (χ0) is 14.7. The third-order valence-electron chi connectivity index (χ3n) is 2.64. The molecule has 0 aliphatic heterocycles. The molecule has 0 saturated heterocycles. The molecule has 0 unspecified atom stereocenters. The highest BCUT2D eigenvalue weighted by atomic mass is 79.9. The zero-order valence-corrected chi connectivity index (χ0v) is 12.4. The molecule has 1 amide bonds. The molecule has 0 aliphatic carbocycles. The predicted molar refractivity (Wildman–Crippen MR) is 76.7 cm³/mol. The van der Waals surface area contributed by atoms with E-state index in [0.29, 0.717) is 4.47 Å². The van der Waals surface area contributed by atoms with Crippen LogP contribution in [0.5, 0.6) is 0 Å². The number of nitrogens with one attached hydrogen (secondary N) is 1. The number of amides is 1. The molecule has 104 valence electrons. The molecule has 0 atom stereocenters. The molecule has 6 heteroatoms. The maximum Gasteiger partial charge on any atom is 0.253 e. The summed E-state index contributed by atoms with van der Waals surface area (Å²) in [6, 6.07) is 7.98. The number of carbonyl (C=O) groups excluding carboxylic acids is 1. The van der Waals surface area contributed by atoms with E-state index in [4.69, 9.17) is 11.6 Å². The molecule has 0 aliphatic rings. The van der Waals surface area contributed by atoms with Crippen molar-refractivity contribution in [1.29, 1.82) is 0 Å². The van der Waals surface area contributed by atoms with Crippen LogP contribution in [0.3, 0.4) is 0 Å². The Labute approximate surface area is 127 Å². The van der Waals surface area contributed by atoms with Crippen molar-refractivity contribution < 1.29 is 13.6 Å². The normalized spacial score (nSPS) is 10.4. The van der Waals surface area contributed by atoms with E-state index in [1.807, 2.05) is 0 Å². The Morgan fingerprint density at radius 2 is 2.00 bits per heavy atom. The van der Waals surface area contributed by atoms with Gasteiger partial charge in [-0.2, -0.15) is 0 Å². The molecule has 0 radical (unpaired) electrons. The standard InChI is InChI=1S/C14H9BrClF2NO/c15-11-3-1-2-10(13(11)16)14(20)19-7-8-6-9(17)4-5-12(8)18/h1-6H,7H2,(H,19,20). The molecule has 0 aromatic heterocycles. The molecule has 0 bridgehead atoms. The first-order valence-electron chi connectivity index (χ1n) is 5.65. The number of benzene rings is 2. The number of rotatable bonds is 3. The molecule has 0 heterocycles. The zero-order valence-electron chi connectivity index (χ0n) is 10.1. The van der Waals surface area contributed by atoms with Crippen LogP contribution in [0.1, 0.15) is 15.9 Å². The van der Waals surface area contributed by atoms with Gasteiger partial charge in [-0.25, -0.2) is 8.78 Å². The lowest BCUT2D eigenvalue weighted by Crippen LogP contribution is -2.23. The fraction of sp³-hybridized carbons (Fsp3) is 0.0714. The van der Waals surface area contributed by atoms with Gasteiger partial charge < -0.3 is 5.32 Å². The van der Waals surface area contributed by atoms with Gasteiger partial charge in [-0.3, -0.25) is 4.79 Å². The van der Waals surface area contributed by atoms with Crippen LogP contribution in [0.2, 0.25) is 5.02 Å². The van der Waals surface area contributed by atoms with Crippen LogP contribution in [-0.4, -0.2) is 5.91 Å². The summed E-state index contributed by atoms with van der Waals surface area (Å²) >= 11 is 9.19. The van der Waals surface area contributed by atoms with Crippen LogP contribution in [0.25, 0.3) is 0 Å². The Hall–Kier alpha value is -1.46. The average Bonchev–Trinajstić information content (AvgIpc) is 2.42. The minimum atomic E-state index is -0.577. The first-order chi connectivity index (χ1) is 9.49. The number of hydrogen-bond acceptors (Lipinski definition) is 1. The van der Waals surface area contributed by atoms with E-state index in [1.54, 1.807) is 18.2 Å². The van der Waals surface area contributed by atoms with Crippen LogP contribution in [0, 0.1) is 11.6 Å². The smallest absolute Gasteiger partial charge is 0.253 e. The Bertz CT molecular complexity index is 664. The van der Waals surface area contributed by atoms with Gasteiger partial charge in [-0.1, -0.05) is 17.7 Å². The van der Waals surface area contributed by atoms with E-state index in [2.05, 4.69) is 21.2 Å². The molecule has 2 rings (SSSR count). The Morgan fingerprint density at radius 1 is 1.25 bits per heavy atom. The van der Waals surface area contributed by atoms with Gasteiger partial charge in [0.15, 0.2) is 0 Å². The summed E-state index contributed by atoms with van der Waals surface area (Å²) in [5, 5.41) is 2.77. The summed E-state index contributed by atoms with van der Waals surface area (Å²) in [6.07, 6.45) is 0. The quantitative estimate of drug-likeness (QED) is 0.868. The molecule has 2 nitrogen and oxygen atoms in total. The van der Waals surface area contributed by atoms with Gasteiger partial charge in [0.05, 0.1) is 10.6 Å². The Morgan fingerprint density at radius 3 is 2.75 bits per heavy atom. The molecule has 0 fully saturated rings. The average molecular weight is 361 g/mol. The molecule has 1 N–H and O–H groups in total. The Balaban J connectivity index is 2.13. The first-order valence-corrected chi connectivity index (χ1v) is 6.82. The van der Waals surface area contributed by atoms with Crippen LogP contribution < -0.4 is 5.32 Å². The maximum atomic E-state index is 13.4. The highest BCUT2D eigenvalue weighted by Crippen LogP contribution is 2.25. The van der Waals surface area contributed by atoms with Gasteiger partial charge in [0.1, 0.15) is 11.6 Å². The minimum absolute atomic E-state index is 0.0736. The van der Waals surface area contributed by atoms with Crippen molar-refractivity contribution >= 4 is 33.4 Å². The third kappa shape index (κ3) is 3.35. The van der Waals surface area contributed by atoms with Crippen LogP contribution in [0.4, 0.5) is 8.78 Å². The monoisotopic (exact) mass is 359 g/mol. The highest BCUT2D eigenvalue weighted by Gasteiger charge is 2.13. The third-order valence-corrected chi connectivity index (χ3v) is 3.94. The van der Waals surface area contributed by atoms with Gasteiger partial charge in [0.2, 0.25) is 0 Å². The predicted octanol–water partition coefficient (Wildman–Crippen LogP) is 4.31. The van der Waals surface area contributed by atoms with E-state index in [1.165, 1.54) is 0 Å². The van der Waals surface area contributed by atoms with Crippen LogP contribution in [-0.2, 0) is 6.54 Å². The van der Waals surface area contributed by atoms with E-state index >= 15 is 0 Å². The lowest BCUT2D eigenvalue weighted by molar-refractivity contribution is 0.0950. The van der Waals surface area contributed by atoms with Crippen LogP contribution >= 0.6 is 27.5 Å². The van der Waals surface area contributed by atoms with Crippen molar-refractivity contribution in [2.75, 3.05) is 0 Å². The lowest BCUT2D eigenvalue weighted by atomic mass is 10.2. The van der Waals surface area contributed by atoms with E-state index < -0.39 is 17.5 Å². The second-order valence-electron chi connectivity index (χ2n) is 4.02. The van der Waals surface area contributed by atoms with Crippen molar-refractivity contribution in [1.82, 2.24) is 5.32 Å². The maximum absolute atomic E-state index is 13.4. The largest absolute Gasteiger partial charge is 0.348 e. The fourth-order valence-electron chi connectivity index (χ4n) is 1.63. The van der Waals surface area contributed by atoms with Crippen molar-refractivity contribution in [3.63, 3.8) is 0 Å². The summed E-state index contributed by atoms with van der Waals surface area (Å²) in [5.74, 6) is -1.59. The van der Waals surface area contributed by atoms with Gasteiger partial charge in [-0.05, 0) is 46.3 Å². The van der Waals surface area contributed by atoms with Crippen molar-refractivity contribution in [2.45, 2.75) is 6.54 Å². The lowest BCUT2D eigenvalue weighted by Gasteiger charge is -2.08. The topological polar surface area (TPSA) is 29.1 Å². The van der Waals surface area contributed by atoms with Gasteiger partial charge >= 0.3 is 0 Å². The second-order valence-corrected chi connectivity index (χ2v) is 5.25. The fourth-order valence-corrected chi connectivity index (χ4v) is 2.21. The number of hydrogen-bond donors (Lipinski definition) is 1. The summed E-state index contributed by atoms with van der Waals surface area (Å²) < 4.78 is 27.0. The van der Waals surface area contributed by atoms with Gasteiger partial charge in [-0.15, -0.1) is 0 Å². The van der Waals surface area contributed by atoms with Crippen molar-refractivity contribution in [3.05, 3.63) is 68.7 Å². The molecule has 20 heavy (non-hydrogen) atoms. The van der Waals surface area contributed by atoms with E-state index in [0.717, 1.165) is 18.2 Å². The molecule has 0 saturated carbocycles. The van der Waals surface area contributed by atoms with Crippen LogP contribution in [0.15, 0.2) is 40.9 Å². The van der Waals surface area contributed by atoms with E-state index in [-0.39, 0.29) is 22.7 Å².